The summed E-state index contributed by atoms with van der Waals surface area (Å²) < 4.78 is 14.4. The summed E-state index contributed by atoms with van der Waals surface area (Å²) in [6, 6.07) is 10.9. The maximum Gasteiger partial charge on any atom is 0.226 e. The van der Waals surface area contributed by atoms with Crippen molar-refractivity contribution < 1.29 is 9.18 Å². The van der Waals surface area contributed by atoms with Gasteiger partial charge in [0.25, 0.3) is 0 Å². The zero-order valence-electron chi connectivity index (χ0n) is 17.0. The normalized spacial score (nSPS) is 44.4. The zero-order valence-corrected chi connectivity index (χ0v) is 17.0. The molecule has 4 bridgehead atoms. The summed E-state index contributed by atoms with van der Waals surface area (Å²) in [5, 5.41) is 6.85. The van der Waals surface area contributed by atoms with Crippen LogP contribution in [-0.4, -0.2) is 31.7 Å². The van der Waals surface area contributed by atoms with Crippen molar-refractivity contribution in [2.75, 3.05) is 19.8 Å². The number of hydrogen-bond donors (Lipinski definition) is 2. The molecular formula is C24H33FN2O. The highest BCUT2D eigenvalue weighted by Gasteiger charge is 2.66. The molecule has 0 aromatic heterocycles. The molecule has 0 spiro atoms. The number of carbonyl (C=O) groups excluding carboxylic acids is 1. The van der Waals surface area contributed by atoms with Crippen LogP contribution in [0, 0.1) is 22.7 Å². The van der Waals surface area contributed by atoms with E-state index in [4.69, 9.17) is 0 Å². The summed E-state index contributed by atoms with van der Waals surface area (Å²) in [6.45, 7) is 3.86. The van der Waals surface area contributed by atoms with Crippen molar-refractivity contribution in [3.63, 3.8) is 0 Å². The average molecular weight is 385 g/mol. The van der Waals surface area contributed by atoms with Gasteiger partial charge < -0.3 is 10.6 Å². The summed E-state index contributed by atoms with van der Waals surface area (Å²) in [5.74, 6) is 1.14. The number of rotatable bonds is 4. The summed E-state index contributed by atoms with van der Waals surface area (Å²) in [6.07, 6.45) is 6.59. The first-order chi connectivity index (χ1) is 13.5. The van der Waals surface area contributed by atoms with Crippen LogP contribution in [0.3, 0.4) is 0 Å². The van der Waals surface area contributed by atoms with Crippen molar-refractivity contribution >= 4 is 5.91 Å². The first-order valence-corrected chi connectivity index (χ1v) is 11.1. The van der Waals surface area contributed by atoms with E-state index in [2.05, 4.69) is 47.9 Å². The average Bonchev–Trinajstić information content (AvgIpc) is 2.69. The molecule has 5 fully saturated rings. The van der Waals surface area contributed by atoms with E-state index >= 15 is 0 Å². The number of alkyl halides is 1. The summed E-state index contributed by atoms with van der Waals surface area (Å²) >= 11 is 0. The van der Waals surface area contributed by atoms with E-state index in [-0.39, 0.29) is 34.9 Å². The lowest BCUT2D eigenvalue weighted by Gasteiger charge is -2.65. The molecule has 6 atom stereocenters. The van der Waals surface area contributed by atoms with Gasteiger partial charge in [-0.3, -0.25) is 9.18 Å². The number of hydrogen-bond acceptors (Lipinski definition) is 2. The van der Waals surface area contributed by atoms with E-state index in [1.165, 1.54) is 5.56 Å². The predicted octanol–water partition coefficient (Wildman–Crippen LogP) is 3.98. The van der Waals surface area contributed by atoms with E-state index in [1.54, 1.807) is 0 Å². The first-order valence-electron chi connectivity index (χ1n) is 11.1. The summed E-state index contributed by atoms with van der Waals surface area (Å²) in [7, 11) is 0. The van der Waals surface area contributed by atoms with Gasteiger partial charge in [-0.15, -0.1) is 0 Å². The second-order valence-corrected chi connectivity index (χ2v) is 10.6. The van der Waals surface area contributed by atoms with Crippen molar-refractivity contribution in [2.45, 2.75) is 63.3 Å². The maximum absolute atomic E-state index is 14.4. The Hall–Kier alpha value is -1.42. The van der Waals surface area contributed by atoms with E-state index < -0.39 is 0 Å². The highest BCUT2D eigenvalue weighted by atomic mass is 19.1. The Labute approximate surface area is 167 Å². The molecule has 152 valence electrons. The third kappa shape index (κ3) is 2.82. The Morgan fingerprint density at radius 2 is 2.00 bits per heavy atom. The second-order valence-electron chi connectivity index (χ2n) is 10.6. The maximum atomic E-state index is 14.4. The van der Waals surface area contributed by atoms with Crippen molar-refractivity contribution in [1.29, 1.82) is 0 Å². The number of piperidine rings is 1. The molecule has 4 heteroatoms. The predicted molar refractivity (Wildman–Crippen MR) is 109 cm³/mol. The lowest BCUT2D eigenvalue weighted by atomic mass is 9.38. The molecular weight excluding hydrogens is 351 g/mol. The molecule has 1 aromatic rings. The first kappa shape index (κ1) is 18.6. The van der Waals surface area contributed by atoms with Gasteiger partial charge in [-0.25, -0.2) is 0 Å². The van der Waals surface area contributed by atoms with Gasteiger partial charge in [0.1, 0.15) is 0 Å². The Bertz CT molecular complexity index is 754. The zero-order chi connectivity index (χ0) is 19.4. The van der Waals surface area contributed by atoms with Crippen molar-refractivity contribution in [1.82, 2.24) is 10.6 Å². The highest BCUT2D eigenvalue weighted by molar-refractivity contribution is 5.84. The molecule has 4 unspecified atom stereocenters. The molecule has 1 saturated heterocycles. The van der Waals surface area contributed by atoms with E-state index in [1.807, 2.05) is 0 Å². The number of carbonyl (C=O) groups is 1. The number of halogens is 1. The van der Waals surface area contributed by atoms with E-state index in [9.17, 15) is 9.18 Å². The lowest BCUT2D eigenvalue weighted by Crippen LogP contribution is -2.64. The SMILES string of the molecule is CC1CNCCC1NC(=O)C12CC3C[C@@](CF)(C1)C[C@](c1ccccc1)(C3)C2. The monoisotopic (exact) mass is 384 g/mol. The third-order valence-electron chi connectivity index (χ3n) is 8.44. The fourth-order valence-electron chi connectivity index (χ4n) is 7.70. The van der Waals surface area contributed by atoms with Crippen LogP contribution >= 0.6 is 0 Å². The second kappa shape index (κ2) is 6.55. The molecule has 3 nitrogen and oxygen atoms in total. The van der Waals surface area contributed by atoms with E-state index in [0.29, 0.717) is 11.8 Å². The van der Waals surface area contributed by atoms with Gasteiger partial charge in [0.15, 0.2) is 0 Å². The van der Waals surface area contributed by atoms with Crippen LogP contribution in [0.15, 0.2) is 30.3 Å². The van der Waals surface area contributed by atoms with Crippen LogP contribution in [0.5, 0.6) is 0 Å². The number of amides is 1. The van der Waals surface area contributed by atoms with Crippen LogP contribution in [0.2, 0.25) is 0 Å². The van der Waals surface area contributed by atoms with Crippen molar-refractivity contribution in [3.05, 3.63) is 35.9 Å². The minimum Gasteiger partial charge on any atom is -0.353 e. The highest BCUT2D eigenvalue weighted by Crippen LogP contribution is 2.70. The molecule has 0 radical (unpaired) electrons. The molecule has 4 aliphatic carbocycles. The van der Waals surface area contributed by atoms with Crippen LogP contribution in [0.25, 0.3) is 0 Å². The molecule has 1 heterocycles. The fourth-order valence-corrected chi connectivity index (χ4v) is 7.70. The van der Waals surface area contributed by atoms with Crippen LogP contribution in [0.1, 0.15) is 57.4 Å². The third-order valence-corrected chi connectivity index (χ3v) is 8.44. The van der Waals surface area contributed by atoms with Crippen LogP contribution in [-0.2, 0) is 10.2 Å². The number of benzene rings is 1. The number of nitrogens with one attached hydrogen (secondary N) is 2. The molecule has 5 aliphatic rings. The van der Waals surface area contributed by atoms with Gasteiger partial charge >= 0.3 is 0 Å². The summed E-state index contributed by atoms with van der Waals surface area (Å²) in [4.78, 5) is 13.7. The topological polar surface area (TPSA) is 41.1 Å². The quantitative estimate of drug-likeness (QED) is 0.824. The van der Waals surface area contributed by atoms with E-state index in [0.717, 1.165) is 58.0 Å². The van der Waals surface area contributed by atoms with Gasteiger partial charge in [0.2, 0.25) is 5.91 Å². The van der Waals surface area contributed by atoms with Gasteiger partial charge in [-0.05, 0) is 80.8 Å². The Balaban J connectivity index is 1.48. The van der Waals surface area contributed by atoms with Gasteiger partial charge in [0, 0.05) is 11.5 Å². The van der Waals surface area contributed by atoms with Gasteiger partial charge in [-0.2, -0.15) is 0 Å². The Kier molecular flexibility index (Phi) is 4.35. The summed E-state index contributed by atoms with van der Waals surface area (Å²) in [5.41, 5.74) is 0.617. The molecule has 28 heavy (non-hydrogen) atoms. The Morgan fingerprint density at radius 3 is 2.75 bits per heavy atom. The fraction of sp³-hybridized carbons (Fsp3) is 0.708. The molecule has 4 saturated carbocycles. The smallest absolute Gasteiger partial charge is 0.226 e. The molecule has 1 aromatic carbocycles. The molecule has 1 amide bonds. The lowest BCUT2D eigenvalue weighted by molar-refractivity contribution is -0.166. The Morgan fingerprint density at radius 1 is 1.18 bits per heavy atom. The van der Waals surface area contributed by atoms with Crippen LogP contribution < -0.4 is 10.6 Å². The van der Waals surface area contributed by atoms with Crippen molar-refractivity contribution in [3.8, 4) is 0 Å². The van der Waals surface area contributed by atoms with Crippen molar-refractivity contribution in [2.24, 2.45) is 22.7 Å². The standard InChI is InChI=1S/C24H33FN2O/c1-17-12-26-8-7-20(17)27-21(28)24-11-18-9-22(14-24,16-25)13-23(10-18,15-24)19-5-3-2-4-6-19/h2-6,17-18,20,26H,7-16H2,1H3,(H,27,28)/t17?,18?,20?,22-,23+,24?/m0/s1. The molecule has 1 aliphatic heterocycles. The van der Waals surface area contributed by atoms with Gasteiger partial charge in [-0.1, -0.05) is 37.3 Å². The minimum absolute atomic E-state index is 0.0240. The van der Waals surface area contributed by atoms with Crippen LogP contribution in [0.4, 0.5) is 4.39 Å². The largest absolute Gasteiger partial charge is 0.353 e. The molecule has 2 N–H and O–H groups in total. The van der Waals surface area contributed by atoms with Gasteiger partial charge in [0.05, 0.1) is 12.1 Å². The minimum atomic E-state index is -0.383. The molecule has 6 rings (SSSR count).